The first-order valence-electron chi connectivity index (χ1n) is 9.75. The molecule has 3 aromatic rings. The van der Waals surface area contributed by atoms with E-state index in [4.69, 9.17) is 10.5 Å². The summed E-state index contributed by atoms with van der Waals surface area (Å²) in [5, 5.41) is 2.47. The van der Waals surface area contributed by atoms with E-state index < -0.39 is 29.6 Å². The summed E-state index contributed by atoms with van der Waals surface area (Å²) in [4.78, 5) is 24.2. The summed E-state index contributed by atoms with van der Waals surface area (Å²) >= 11 is 0. The molecule has 32 heavy (non-hydrogen) atoms. The largest absolute Gasteiger partial charge is 0.489 e. The zero-order chi connectivity index (χ0) is 23.1. The van der Waals surface area contributed by atoms with Crippen molar-refractivity contribution in [2.45, 2.75) is 25.2 Å². The van der Waals surface area contributed by atoms with Crippen molar-refractivity contribution in [3.05, 3.63) is 101 Å². The first-order valence-corrected chi connectivity index (χ1v) is 9.75. The van der Waals surface area contributed by atoms with Gasteiger partial charge in [-0.1, -0.05) is 42.5 Å². The molecule has 0 unspecified atom stereocenters. The van der Waals surface area contributed by atoms with Crippen molar-refractivity contribution in [1.29, 1.82) is 0 Å². The number of benzene rings is 3. The molecule has 166 valence electrons. The molecule has 8 heteroatoms. The molecule has 0 bridgehead atoms. The van der Waals surface area contributed by atoms with Gasteiger partial charge in [-0.15, -0.1) is 0 Å². The summed E-state index contributed by atoms with van der Waals surface area (Å²) < 4.78 is 43.7. The van der Waals surface area contributed by atoms with Gasteiger partial charge < -0.3 is 15.8 Å². The third-order valence-corrected chi connectivity index (χ3v) is 4.73. The number of hydrogen-bond acceptors (Lipinski definition) is 3. The first kappa shape index (κ1) is 22.9. The van der Waals surface area contributed by atoms with Crippen LogP contribution in [0.25, 0.3) is 0 Å². The fourth-order valence-electron chi connectivity index (χ4n) is 2.97. The summed E-state index contributed by atoms with van der Waals surface area (Å²) in [5.41, 5.74) is 6.29. The molecule has 0 aliphatic heterocycles. The molecule has 0 spiro atoms. The van der Waals surface area contributed by atoms with Crippen LogP contribution in [-0.4, -0.2) is 17.9 Å². The summed E-state index contributed by atoms with van der Waals surface area (Å²) in [6.45, 7) is 0.410. The smallest absolute Gasteiger partial charge is 0.416 e. The SMILES string of the molecule is NC(=O)[C@@H](Cc1ccc(OCc2ccccc2)cc1)NC(=O)c1ccc(C(F)(F)F)cc1. The van der Waals surface area contributed by atoms with Crippen LogP contribution in [0.1, 0.15) is 27.0 Å². The number of hydrogen-bond donors (Lipinski definition) is 2. The molecule has 0 saturated carbocycles. The predicted molar refractivity (Wildman–Crippen MR) is 113 cm³/mol. The van der Waals surface area contributed by atoms with E-state index in [2.05, 4.69) is 5.32 Å². The molecular formula is C24H21F3N2O3. The van der Waals surface area contributed by atoms with Crippen LogP contribution in [0.2, 0.25) is 0 Å². The van der Waals surface area contributed by atoms with Gasteiger partial charge in [0.2, 0.25) is 5.91 Å². The number of amides is 2. The van der Waals surface area contributed by atoms with Crippen LogP contribution in [0.15, 0.2) is 78.9 Å². The lowest BCUT2D eigenvalue weighted by Crippen LogP contribution is -2.45. The zero-order valence-electron chi connectivity index (χ0n) is 16.9. The molecule has 0 heterocycles. The second-order valence-corrected chi connectivity index (χ2v) is 7.13. The fraction of sp³-hybridized carbons (Fsp3) is 0.167. The summed E-state index contributed by atoms with van der Waals surface area (Å²) in [5.74, 6) is -0.804. The van der Waals surface area contributed by atoms with Gasteiger partial charge in [0.1, 0.15) is 18.4 Å². The van der Waals surface area contributed by atoms with E-state index in [1.165, 1.54) is 0 Å². The maximum atomic E-state index is 12.7. The van der Waals surface area contributed by atoms with Crippen molar-refractivity contribution in [2.75, 3.05) is 0 Å². The second-order valence-electron chi connectivity index (χ2n) is 7.13. The summed E-state index contributed by atoms with van der Waals surface area (Å²) in [6, 6.07) is 19.3. The molecule has 0 fully saturated rings. The quantitative estimate of drug-likeness (QED) is 0.551. The van der Waals surface area contributed by atoms with Gasteiger partial charge >= 0.3 is 6.18 Å². The van der Waals surface area contributed by atoms with Gasteiger partial charge in [0.05, 0.1) is 5.56 Å². The Kier molecular flexibility index (Phi) is 7.14. The van der Waals surface area contributed by atoms with Gasteiger partial charge in [-0.2, -0.15) is 13.2 Å². The van der Waals surface area contributed by atoms with Gasteiger partial charge in [0, 0.05) is 12.0 Å². The lowest BCUT2D eigenvalue weighted by atomic mass is 10.0. The molecule has 0 radical (unpaired) electrons. The average Bonchev–Trinajstić information content (AvgIpc) is 2.78. The third kappa shape index (κ3) is 6.34. The van der Waals surface area contributed by atoms with E-state index >= 15 is 0 Å². The Hall–Kier alpha value is -3.81. The summed E-state index contributed by atoms with van der Waals surface area (Å²) in [6.07, 6.45) is -4.37. The van der Waals surface area contributed by atoms with Crippen LogP contribution in [0.3, 0.4) is 0 Å². The minimum absolute atomic E-state index is 0.00564. The number of rotatable bonds is 8. The average molecular weight is 442 g/mol. The highest BCUT2D eigenvalue weighted by Crippen LogP contribution is 2.29. The number of nitrogens with two attached hydrogens (primary N) is 1. The standard InChI is InChI=1S/C24H21F3N2O3/c25-24(26,27)19-10-8-18(9-11-19)23(31)29-21(22(28)30)14-16-6-12-20(13-7-16)32-15-17-4-2-1-3-5-17/h1-13,21H,14-15H2,(H2,28,30)(H,29,31)/t21-/m1/s1. The fourth-order valence-corrected chi connectivity index (χ4v) is 2.97. The Morgan fingerprint density at radius 1 is 0.875 bits per heavy atom. The monoisotopic (exact) mass is 442 g/mol. The number of primary amides is 1. The van der Waals surface area contributed by atoms with E-state index in [1.807, 2.05) is 30.3 Å². The van der Waals surface area contributed by atoms with Crippen LogP contribution in [0.4, 0.5) is 13.2 Å². The lowest BCUT2D eigenvalue weighted by molar-refractivity contribution is -0.137. The molecular weight excluding hydrogens is 421 g/mol. The predicted octanol–water partition coefficient (Wildman–Crippen LogP) is 4.11. The molecule has 2 amide bonds. The Morgan fingerprint density at radius 3 is 2.06 bits per heavy atom. The van der Waals surface area contributed by atoms with Gasteiger partial charge in [-0.05, 0) is 47.5 Å². The molecule has 1 atom stereocenters. The molecule has 0 saturated heterocycles. The van der Waals surface area contributed by atoms with Crippen molar-refractivity contribution in [3.8, 4) is 5.75 Å². The van der Waals surface area contributed by atoms with Crippen LogP contribution in [-0.2, 0) is 24.0 Å². The molecule has 0 aromatic heterocycles. The minimum Gasteiger partial charge on any atom is -0.489 e. The molecule has 5 nitrogen and oxygen atoms in total. The van der Waals surface area contributed by atoms with Gasteiger partial charge in [-0.25, -0.2) is 0 Å². The van der Waals surface area contributed by atoms with E-state index in [0.29, 0.717) is 12.4 Å². The number of alkyl halides is 3. The van der Waals surface area contributed by atoms with E-state index in [9.17, 15) is 22.8 Å². The van der Waals surface area contributed by atoms with Crippen molar-refractivity contribution in [3.63, 3.8) is 0 Å². The van der Waals surface area contributed by atoms with Crippen LogP contribution < -0.4 is 15.8 Å². The number of nitrogens with one attached hydrogen (secondary N) is 1. The maximum Gasteiger partial charge on any atom is 0.416 e. The zero-order valence-corrected chi connectivity index (χ0v) is 16.9. The van der Waals surface area contributed by atoms with Crippen LogP contribution >= 0.6 is 0 Å². The molecule has 3 N–H and O–H groups in total. The lowest BCUT2D eigenvalue weighted by Gasteiger charge is -2.16. The van der Waals surface area contributed by atoms with E-state index in [-0.39, 0.29) is 12.0 Å². The Morgan fingerprint density at radius 2 is 1.50 bits per heavy atom. The first-order chi connectivity index (χ1) is 15.2. The Labute approximate surface area is 183 Å². The number of carbonyl (C=O) groups excluding carboxylic acids is 2. The van der Waals surface area contributed by atoms with Crippen LogP contribution in [0, 0.1) is 0 Å². The van der Waals surface area contributed by atoms with Crippen molar-refractivity contribution < 1.29 is 27.5 Å². The minimum atomic E-state index is -4.50. The van der Waals surface area contributed by atoms with Gasteiger partial charge in [0.25, 0.3) is 5.91 Å². The summed E-state index contributed by atoms with van der Waals surface area (Å²) in [7, 11) is 0. The maximum absolute atomic E-state index is 12.7. The number of ether oxygens (including phenoxy) is 1. The Balaban J connectivity index is 1.60. The normalized spacial score (nSPS) is 12.1. The molecule has 3 aromatic carbocycles. The van der Waals surface area contributed by atoms with Gasteiger partial charge in [0.15, 0.2) is 0 Å². The molecule has 3 rings (SSSR count). The van der Waals surface area contributed by atoms with Gasteiger partial charge in [-0.3, -0.25) is 9.59 Å². The number of carbonyl (C=O) groups is 2. The van der Waals surface area contributed by atoms with Crippen molar-refractivity contribution >= 4 is 11.8 Å². The molecule has 0 aliphatic carbocycles. The van der Waals surface area contributed by atoms with Crippen molar-refractivity contribution in [1.82, 2.24) is 5.32 Å². The Bertz CT molecular complexity index is 1050. The van der Waals surface area contributed by atoms with E-state index in [1.54, 1.807) is 24.3 Å². The number of halogens is 3. The topological polar surface area (TPSA) is 81.4 Å². The highest BCUT2D eigenvalue weighted by Gasteiger charge is 2.30. The van der Waals surface area contributed by atoms with Crippen molar-refractivity contribution in [2.24, 2.45) is 5.73 Å². The third-order valence-electron chi connectivity index (χ3n) is 4.73. The molecule has 0 aliphatic rings. The van der Waals surface area contributed by atoms with E-state index in [0.717, 1.165) is 35.4 Å². The van der Waals surface area contributed by atoms with Crippen LogP contribution in [0.5, 0.6) is 5.75 Å². The highest BCUT2D eigenvalue weighted by molar-refractivity contribution is 5.97. The highest BCUT2D eigenvalue weighted by atomic mass is 19.4. The second kappa shape index (κ2) is 10.00.